The Kier molecular flexibility index (Phi) is 6.29. The van der Waals surface area contributed by atoms with Crippen LogP contribution in [0.15, 0.2) is 54.6 Å². The van der Waals surface area contributed by atoms with E-state index < -0.39 is 35.6 Å². The third kappa shape index (κ3) is 3.53. The first-order valence-corrected chi connectivity index (χ1v) is 12.8. The number of ether oxygens (including phenoxy) is 1. The summed E-state index contributed by atoms with van der Waals surface area (Å²) in [7, 11) is 0. The second-order valence-corrected chi connectivity index (χ2v) is 10.8. The standard InChI is InChI=1S/C28H35N3O5/c1-17(2)20(16-32)31-24-27(35)29(18(3)4)15-9-13-28(24)23(26(31)34)22-21(36-28)12-8-14-30(25(22)33)19-10-6-5-7-11-19/h5-13,17-18,20-24,32H,14-16H2,1-4H3/t20-,21-,22+,23-,24?,28-/m0/s1. The Balaban J connectivity index is 1.65. The van der Waals surface area contributed by atoms with Crippen LogP contribution in [0.5, 0.6) is 0 Å². The normalized spacial score (nSPS) is 32.6. The van der Waals surface area contributed by atoms with Crippen LogP contribution in [0, 0.1) is 17.8 Å². The van der Waals surface area contributed by atoms with Crippen LogP contribution in [0.2, 0.25) is 0 Å². The second-order valence-electron chi connectivity index (χ2n) is 10.8. The molecule has 0 radical (unpaired) electrons. The van der Waals surface area contributed by atoms with E-state index in [-0.39, 0.29) is 36.3 Å². The molecule has 8 heteroatoms. The van der Waals surface area contributed by atoms with Gasteiger partial charge >= 0.3 is 0 Å². The number of carbonyl (C=O) groups excluding carboxylic acids is 3. The maximum absolute atomic E-state index is 14.3. The number of nitrogens with zero attached hydrogens (tertiary/aromatic N) is 3. The summed E-state index contributed by atoms with van der Waals surface area (Å²) in [5, 5.41) is 10.3. The van der Waals surface area contributed by atoms with E-state index in [2.05, 4.69) is 0 Å². The summed E-state index contributed by atoms with van der Waals surface area (Å²) >= 11 is 0. The first-order chi connectivity index (χ1) is 17.2. The van der Waals surface area contributed by atoms with Gasteiger partial charge < -0.3 is 24.5 Å². The van der Waals surface area contributed by atoms with Gasteiger partial charge in [0.25, 0.3) is 0 Å². The predicted octanol–water partition coefficient (Wildman–Crippen LogP) is 1.99. The van der Waals surface area contributed by atoms with Crippen molar-refractivity contribution in [2.24, 2.45) is 17.8 Å². The molecule has 1 aromatic rings. The molecule has 6 atom stereocenters. The Morgan fingerprint density at radius 2 is 1.72 bits per heavy atom. The zero-order valence-corrected chi connectivity index (χ0v) is 21.3. The minimum atomic E-state index is -1.28. The predicted molar refractivity (Wildman–Crippen MR) is 135 cm³/mol. The summed E-state index contributed by atoms with van der Waals surface area (Å²) in [6.07, 6.45) is 6.87. The van der Waals surface area contributed by atoms with Gasteiger partial charge in [0.2, 0.25) is 17.7 Å². The zero-order valence-electron chi connectivity index (χ0n) is 21.3. The zero-order chi connectivity index (χ0) is 25.8. The number of hydrogen-bond donors (Lipinski definition) is 1. The van der Waals surface area contributed by atoms with Crippen molar-refractivity contribution >= 4 is 23.4 Å². The topological polar surface area (TPSA) is 90.4 Å². The Morgan fingerprint density at radius 3 is 2.36 bits per heavy atom. The lowest BCUT2D eigenvalue weighted by atomic mass is 9.77. The number of hydrogen-bond acceptors (Lipinski definition) is 5. The van der Waals surface area contributed by atoms with Crippen LogP contribution in [0.3, 0.4) is 0 Å². The van der Waals surface area contributed by atoms with E-state index in [1.807, 2.05) is 82.3 Å². The van der Waals surface area contributed by atoms with Crippen molar-refractivity contribution in [3.8, 4) is 0 Å². The molecule has 5 rings (SSSR count). The third-order valence-corrected chi connectivity index (χ3v) is 8.13. The van der Waals surface area contributed by atoms with E-state index in [0.717, 1.165) is 5.69 Å². The van der Waals surface area contributed by atoms with E-state index in [0.29, 0.717) is 13.1 Å². The van der Waals surface area contributed by atoms with Crippen molar-refractivity contribution in [1.29, 1.82) is 0 Å². The van der Waals surface area contributed by atoms with Crippen molar-refractivity contribution in [3.05, 3.63) is 54.6 Å². The lowest BCUT2D eigenvalue weighted by Crippen LogP contribution is -2.59. The lowest BCUT2D eigenvalue weighted by Gasteiger charge is -2.40. The molecule has 0 bridgehead atoms. The quantitative estimate of drug-likeness (QED) is 0.634. The van der Waals surface area contributed by atoms with Gasteiger partial charge in [-0.15, -0.1) is 0 Å². The third-order valence-electron chi connectivity index (χ3n) is 8.13. The average molecular weight is 494 g/mol. The maximum Gasteiger partial charge on any atom is 0.249 e. The van der Waals surface area contributed by atoms with Gasteiger partial charge in [-0.25, -0.2) is 0 Å². The molecule has 1 unspecified atom stereocenters. The molecule has 36 heavy (non-hydrogen) atoms. The van der Waals surface area contributed by atoms with Gasteiger partial charge in [-0.2, -0.15) is 0 Å². The van der Waals surface area contributed by atoms with Crippen LogP contribution < -0.4 is 4.90 Å². The van der Waals surface area contributed by atoms with Gasteiger partial charge in [0.15, 0.2) is 0 Å². The smallest absolute Gasteiger partial charge is 0.249 e. The molecule has 1 spiro atoms. The molecule has 4 aliphatic heterocycles. The summed E-state index contributed by atoms with van der Waals surface area (Å²) < 4.78 is 6.66. The number of anilines is 1. The number of fused-ring (bicyclic) bond motifs is 2. The van der Waals surface area contributed by atoms with E-state index in [4.69, 9.17) is 4.74 Å². The van der Waals surface area contributed by atoms with Crippen molar-refractivity contribution < 1.29 is 24.2 Å². The number of rotatable bonds is 5. The molecule has 0 saturated carbocycles. The summed E-state index contributed by atoms with van der Waals surface area (Å²) in [6.45, 7) is 8.23. The van der Waals surface area contributed by atoms with E-state index in [1.54, 1.807) is 9.80 Å². The number of carbonyl (C=O) groups is 3. The second kappa shape index (κ2) is 9.16. The van der Waals surface area contributed by atoms with Crippen LogP contribution in [0.1, 0.15) is 27.7 Å². The monoisotopic (exact) mass is 493 g/mol. The van der Waals surface area contributed by atoms with Crippen LogP contribution in [-0.4, -0.2) is 82.2 Å². The minimum absolute atomic E-state index is 0.0816. The summed E-state index contributed by atoms with van der Waals surface area (Å²) in [4.78, 5) is 47.4. The SMILES string of the molecule is CC(C)[C@H](CO)N1C(=O)[C@@H]2[C@@H]3C(=O)N(c4ccccc4)CC=C[C@@H]3O[C@@]23C=CCN(C(C)C)C(=O)C13. The fourth-order valence-electron chi connectivity index (χ4n) is 6.38. The van der Waals surface area contributed by atoms with Crippen LogP contribution in [0.4, 0.5) is 5.69 Å². The maximum atomic E-state index is 14.3. The van der Waals surface area contributed by atoms with Crippen LogP contribution >= 0.6 is 0 Å². The van der Waals surface area contributed by atoms with Crippen molar-refractivity contribution in [2.75, 3.05) is 24.6 Å². The van der Waals surface area contributed by atoms with Gasteiger partial charge in [0, 0.05) is 24.8 Å². The molecule has 0 aliphatic carbocycles. The molecule has 2 saturated heterocycles. The highest BCUT2D eigenvalue weighted by Crippen LogP contribution is 2.54. The fourth-order valence-corrected chi connectivity index (χ4v) is 6.38. The molecular formula is C28H35N3O5. The van der Waals surface area contributed by atoms with Gasteiger partial charge in [-0.1, -0.05) is 56.4 Å². The van der Waals surface area contributed by atoms with Crippen LogP contribution in [0.25, 0.3) is 0 Å². The molecule has 1 aromatic carbocycles. The molecule has 192 valence electrons. The van der Waals surface area contributed by atoms with E-state index >= 15 is 0 Å². The molecule has 4 aliphatic rings. The Bertz CT molecular complexity index is 1100. The van der Waals surface area contributed by atoms with E-state index in [1.165, 1.54) is 4.90 Å². The summed E-state index contributed by atoms with van der Waals surface area (Å²) in [6, 6.07) is 7.79. The Morgan fingerprint density at radius 1 is 1.00 bits per heavy atom. The Labute approximate surface area is 212 Å². The van der Waals surface area contributed by atoms with Crippen molar-refractivity contribution in [3.63, 3.8) is 0 Å². The molecule has 2 fully saturated rings. The number of likely N-dealkylation sites (tertiary alicyclic amines) is 1. The number of aliphatic hydroxyl groups excluding tert-OH is 1. The largest absolute Gasteiger partial charge is 0.394 e. The molecule has 3 amide bonds. The van der Waals surface area contributed by atoms with Crippen molar-refractivity contribution in [1.82, 2.24) is 9.80 Å². The minimum Gasteiger partial charge on any atom is -0.394 e. The van der Waals surface area contributed by atoms with Gasteiger partial charge in [-0.3, -0.25) is 14.4 Å². The first kappa shape index (κ1) is 24.7. The van der Waals surface area contributed by atoms with Crippen molar-refractivity contribution in [2.45, 2.75) is 57.5 Å². The highest BCUT2D eigenvalue weighted by molar-refractivity contribution is 6.04. The average Bonchev–Trinajstić information content (AvgIpc) is 3.15. The highest BCUT2D eigenvalue weighted by Gasteiger charge is 2.72. The number of benzene rings is 1. The highest BCUT2D eigenvalue weighted by atomic mass is 16.5. The molecule has 1 N–H and O–H groups in total. The van der Waals surface area contributed by atoms with E-state index in [9.17, 15) is 19.5 Å². The molecular weight excluding hydrogens is 458 g/mol. The number of amides is 3. The van der Waals surface area contributed by atoms with Gasteiger partial charge in [0.05, 0.1) is 30.6 Å². The summed E-state index contributed by atoms with van der Waals surface area (Å²) in [5.74, 6) is -2.45. The molecule has 4 heterocycles. The van der Waals surface area contributed by atoms with Gasteiger partial charge in [0.1, 0.15) is 11.6 Å². The number of aliphatic hydroxyl groups is 1. The summed E-state index contributed by atoms with van der Waals surface area (Å²) in [5.41, 5.74) is -0.531. The van der Waals surface area contributed by atoms with Gasteiger partial charge in [-0.05, 0) is 31.9 Å². The van der Waals surface area contributed by atoms with Crippen LogP contribution in [-0.2, 0) is 19.1 Å². The number of para-hydroxylation sites is 1. The molecule has 8 nitrogen and oxygen atoms in total. The Hall–Kier alpha value is -2.97. The lowest BCUT2D eigenvalue weighted by molar-refractivity contribution is -0.152. The fraction of sp³-hybridized carbons (Fsp3) is 0.536. The molecule has 0 aromatic heterocycles. The first-order valence-electron chi connectivity index (χ1n) is 12.8.